The Morgan fingerprint density at radius 2 is 0.867 bits per heavy atom. The first-order valence-corrected chi connectivity index (χ1v) is 21.3. The maximum Gasteiger partial charge on any atom is 0.421 e. The highest BCUT2D eigenvalue weighted by Gasteiger charge is 2.13. The van der Waals surface area contributed by atoms with Crippen LogP contribution in [-0.2, 0) is 28.2 Å². The summed E-state index contributed by atoms with van der Waals surface area (Å²) in [6.07, 6.45) is 7.65. The van der Waals surface area contributed by atoms with E-state index in [0.29, 0.717) is 73.2 Å². The zero-order valence-electron chi connectivity index (χ0n) is 33.6. The van der Waals surface area contributed by atoms with Crippen LogP contribution < -0.4 is 41.0 Å². The monoisotopic (exact) mass is 856 g/mol. The van der Waals surface area contributed by atoms with Crippen LogP contribution in [0.15, 0.2) is 93.8 Å². The third-order valence-electron chi connectivity index (χ3n) is 8.13. The number of hydrogen-bond donors (Lipinski definition) is 8. The molecule has 0 aliphatic carbocycles. The van der Waals surface area contributed by atoms with E-state index in [-0.39, 0.29) is 13.2 Å². The maximum atomic E-state index is 9.33. The van der Waals surface area contributed by atoms with Crippen molar-refractivity contribution in [3.63, 3.8) is 0 Å². The Morgan fingerprint density at radius 1 is 0.517 bits per heavy atom. The van der Waals surface area contributed by atoms with Gasteiger partial charge in [-0.2, -0.15) is 29.9 Å². The summed E-state index contributed by atoms with van der Waals surface area (Å²) in [6, 6.07) is 14.9. The molecule has 8 N–H and O–H groups in total. The SMILES string of the molecule is Cn1cc[n+](C)c1N=Nc1ccc(Nc2nc(NCCO)nc(NCCSSCCNc3nc(NCCO)nc(Nc4ccc(N=Nc5n(C)cc[n+]5C)cc4)n3)n2)cc1. The molecule has 24 heteroatoms. The highest BCUT2D eigenvalue weighted by molar-refractivity contribution is 8.76. The summed E-state index contributed by atoms with van der Waals surface area (Å²) < 4.78 is 7.55. The van der Waals surface area contributed by atoms with Gasteiger partial charge in [0.2, 0.25) is 35.7 Å². The van der Waals surface area contributed by atoms with E-state index in [4.69, 9.17) is 0 Å². The second-order valence-corrected chi connectivity index (χ2v) is 15.5. The first kappa shape index (κ1) is 43.1. The maximum absolute atomic E-state index is 9.33. The molecule has 4 aromatic heterocycles. The van der Waals surface area contributed by atoms with Gasteiger partial charge >= 0.3 is 11.9 Å². The molecule has 0 bridgehead atoms. The molecular formula is C36H48N20O2S2+2. The molecule has 0 fully saturated rings. The van der Waals surface area contributed by atoms with Gasteiger partial charge in [-0.15, -0.1) is 0 Å². The molecule has 0 aliphatic rings. The Balaban J connectivity index is 0.954. The minimum atomic E-state index is -0.0673. The van der Waals surface area contributed by atoms with Crippen LogP contribution in [0.2, 0.25) is 0 Å². The second-order valence-electron chi connectivity index (χ2n) is 12.8. The van der Waals surface area contributed by atoms with Crippen molar-refractivity contribution in [2.45, 2.75) is 0 Å². The first-order chi connectivity index (χ1) is 29.3. The fourth-order valence-corrected chi connectivity index (χ4v) is 6.99. The fraction of sp³-hybridized carbons (Fsp3) is 0.333. The molecule has 0 radical (unpaired) electrons. The van der Waals surface area contributed by atoms with E-state index < -0.39 is 0 Å². The molecule has 6 rings (SSSR count). The van der Waals surface area contributed by atoms with Gasteiger partial charge in [-0.05, 0) is 48.5 Å². The topological polar surface area (TPSA) is 257 Å². The molecule has 0 atom stereocenters. The third kappa shape index (κ3) is 13.0. The van der Waals surface area contributed by atoms with Crippen molar-refractivity contribution in [1.29, 1.82) is 0 Å². The molecule has 4 heterocycles. The summed E-state index contributed by atoms with van der Waals surface area (Å²) in [5, 5.41) is 55.0. The van der Waals surface area contributed by atoms with E-state index in [1.807, 2.05) is 120 Å². The van der Waals surface area contributed by atoms with Crippen LogP contribution >= 0.6 is 21.6 Å². The summed E-state index contributed by atoms with van der Waals surface area (Å²) in [5.74, 6) is 5.12. The lowest BCUT2D eigenvalue weighted by Crippen LogP contribution is -2.25. The Bertz CT molecular complexity index is 2130. The van der Waals surface area contributed by atoms with E-state index in [2.05, 4.69) is 82.3 Å². The number of azo groups is 2. The van der Waals surface area contributed by atoms with Crippen LogP contribution in [0, 0.1) is 0 Å². The number of aromatic nitrogens is 10. The van der Waals surface area contributed by atoms with Crippen molar-refractivity contribution >= 4 is 91.9 Å². The number of aliphatic hydroxyl groups is 2. The van der Waals surface area contributed by atoms with Gasteiger partial charge in [0.1, 0.15) is 11.4 Å². The smallest absolute Gasteiger partial charge is 0.395 e. The van der Waals surface area contributed by atoms with Crippen LogP contribution in [0.25, 0.3) is 0 Å². The van der Waals surface area contributed by atoms with E-state index in [1.165, 1.54) is 0 Å². The van der Waals surface area contributed by atoms with Crippen molar-refractivity contribution in [2.24, 2.45) is 48.6 Å². The molecule has 0 spiro atoms. The molecule has 0 saturated heterocycles. The van der Waals surface area contributed by atoms with Crippen molar-refractivity contribution in [1.82, 2.24) is 39.0 Å². The van der Waals surface area contributed by atoms with Gasteiger partial charge < -0.3 is 42.1 Å². The van der Waals surface area contributed by atoms with Gasteiger partial charge in [0.25, 0.3) is 0 Å². The number of aliphatic hydroxyl groups excluding tert-OH is 2. The van der Waals surface area contributed by atoms with Gasteiger partial charge in [-0.3, -0.25) is 0 Å². The van der Waals surface area contributed by atoms with Crippen LogP contribution in [0.4, 0.5) is 70.3 Å². The van der Waals surface area contributed by atoms with E-state index in [9.17, 15) is 10.2 Å². The average Bonchev–Trinajstić information content (AvgIpc) is 3.75. The molecule has 22 nitrogen and oxygen atoms in total. The molecular weight excluding hydrogens is 809 g/mol. The average molecular weight is 857 g/mol. The van der Waals surface area contributed by atoms with Crippen molar-refractivity contribution < 1.29 is 19.3 Å². The minimum Gasteiger partial charge on any atom is -0.395 e. The van der Waals surface area contributed by atoms with Crippen molar-refractivity contribution in [2.75, 3.05) is 82.8 Å². The van der Waals surface area contributed by atoms with Gasteiger partial charge in [0.05, 0.1) is 66.2 Å². The highest BCUT2D eigenvalue weighted by atomic mass is 33.1. The van der Waals surface area contributed by atoms with Gasteiger partial charge in [0.15, 0.2) is 0 Å². The molecule has 0 saturated carbocycles. The zero-order valence-corrected chi connectivity index (χ0v) is 35.2. The molecule has 6 aromatic rings. The quantitative estimate of drug-likeness (QED) is 0.0192. The predicted octanol–water partition coefficient (Wildman–Crippen LogP) is 4.41. The summed E-state index contributed by atoms with van der Waals surface area (Å²) >= 11 is 0. The molecule has 60 heavy (non-hydrogen) atoms. The minimum absolute atomic E-state index is 0.0673. The van der Waals surface area contributed by atoms with Crippen LogP contribution in [-0.4, -0.2) is 100 Å². The number of nitrogens with one attached hydrogen (secondary N) is 6. The summed E-state index contributed by atoms with van der Waals surface area (Å²) in [7, 11) is 11.1. The standard InChI is InChI=1S/C36H46N20O2S2/c1-53-17-18-54(2)35(53)51-49-27-9-5-25(6-10-27)41-33-45-29(37-13-21-57)43-31(47-33)39-15-23-59-60-24-16-40-32-44-30(38-14-22-58)46-34(48-32)42-26-7-11-28(12-8-26)50-52-36-55(3)19-20-56(36)4/h5-12,17-20,57-58H,13-16,21-24H2,1-4H3,(H4,37,38,39,40,43,44,45,46,47,48)/p+2. The lowest BCUT2D eigenvalue weighted by molar-refractivity contribution is -0.657. The fourth-order valence-electron chi connectivity index (χ4n) is 5.17. The lowest BCUT2D eigenvalue weighted by Gasteiger charge is -2.11. The number of imidazole rings is 2. The van der Waals surface area contributed by atoms with E-state index in [1.54, 1.807) is 21.6 Å². The zero-order chi connectivity index (χ0) is 42.1. The summed E-state index contributed by atoms with van der Waals surface area (Å²) in [5.41, 5.74) is 2.91. The van der Waals surface area contributed by atoms with Gasteiger partial charge in [-0.1, -0.05) is 31.8 Å². The Morgan fingerprint density at radius 3 is 1.20 bits per heavy atom. The lowest BCUT2D eigenvalue weighted by atomic mass is 10.3. The van der Waals surface area contributed by atoms with Crippen molar-refractivity contribution in [3.05, 3.63) is 73.3 Å². The number of anilines is 8. The summed E-state index contributed by atoms with van der Waals surface area (Å²) in [6.45, 7) is 1.66. The number of rotatable bonds is 23. The molecule has 2 aromatic carbocycles. The van der Waals surface area contributed by atoms with Crippen molar-refractivity contribution in [3.8, 4) is 0 Å². The van der Waals surface area contributed by atoms with Crippen LogP contribution in [0.1, 0.15) is 0 Å². The normalized spacial score (nSPS) is 11.4. The van der Waals surface area contributed by atoms with Gasteiger partial charge in [-0.25, -0.2) is 18.3 Å². The predicted molar refractivity (Wildman–Crippen MR) is 234 cm³/mol. The molecule has 0 unspecified atom stereocenters. The molecule has 0 aliphatic heterocycles. The first-order valence-electron chi connectivity index (χ1n) is 18.8. The molecule has 0 amide bonds. The number of aryl methyl sites for hydroxylation is 4. The number of nitrogens with zero attached hydrogens (tertiary/aromatic N) is 14. The van der Waals surface area contributed by atoms with Gasteiger partial charge in [0, 0.05) is 59.3 Å². The Kier molecular flexibility index (Phi) is 15.8. The summed E-state index contributed by atoms with van der Waals surface area (Å²) in [4.78, 5) is 26.9. The van der Waals surface area contributed by atoms with Crippen LogP contribution in [0.5, 0.6) is 0 Å². The Labute approximate surface area is 354 Å². The highest BCUT2D eigenvalue weighted by Crippen LogP contribution is 2.24. The largest absolute Gasteiger partial charge is 0.421 e. The van der Waals surface area contributed by atoms with Crippen LogP contribution in [0.3, 0.4) is 0 Å². The van der Waals surface area contributed by atoms with E-state index >= 15 is 0 Å². The molecule has 314 valence electrons. The van der Waals surface area contributed by atoms with E-state index in [0.717, 1.165) is 34.8 Å². The number of benzene rings is 2. The Hall–Kier alpha value is -6.50. The second kappa shape index (κ2) is 22.0. The number of hydrogen-bond acceptors (Lipinski definition) is 20. The third-order valence-corrected chi connectivity index (χ3v) is 10.5.